The van der Waals surface area contributed by atoms with E-state index < -0.39 is 48.9 Å². The van der Waals surface area contributed by atoms with Crippen LogP contribution in [0.25, 0.3) is 0 Å². The van der Waals surface area contributed by atoms with Gasteiger partial charge in [0, 0.05) is 12.8 Å². The molecular formula is C18H34O8. The molecule has 0 aromatic carbocycles. The predicted molar refractivity (Wildman–Crippen MR) is 94.3 cm³/mol. The third kappa shape index (κ3) is 9.59. The van der Waals surface area contributed by atoms with Gasteiger partial charge in [-0.1, -0.05) is 39.5 Å². The van der Waals surface area contributed by atoms with E-state index in [2.05, 4.69) is 0 Å². The second-order valence-corrected chi connectivity index (χ2v) is 6.55. The summed E-state index contributed by atoms with van der Waals surface area (Å²) in [5, 5.41) is 49.2. The van der Waals surface area contributed by atoms with Crippen LogP contribution in [0, 0.1) is 0 Å². The Morgan fingerprint density at radius 3 is 1.85 bits per heavy atom. The normalized spacial score (nSPS) is 17.2. The molecule has 0 rings (SSSR count). The van der Waals surface area contributed by atoms with Crippen LogP contribution in [0.5, 0.6) is 0 Å². The second kappa shape index (κ2) is 14.1. The first-order valence-corrected chi connectivity index (χ1v) is 9.34. The molecule has 0 aliphatic carbocycles. The third-order valence-electron chi connectivity index (χ3n) is 4.17. The maximum Gasteiger partial charge on any atom is 0.305 e. The Hall–Kier alpha value is -1.06. The molecule has 5 N–H and O–H groups in total. The number of carbonyl (C=O) groups excluding carboxylic acids is 2. The van der Waals surface area contributed by atoms with Gasteiger partial charge in [-0.2, -0.15) is 0 Å². The summed E-state index contributed by atoms with van der Waals surface area (Å²) in [5.74, 6) is -1.18. The van der Waals surface area contributed by atoms with Gasteiger partial charge < -0.3 is 30.3 Å². The van der Waals surface area contributed by atoms with E-state index in [4.69, 9.17) is 4.74 Å². The second-order valence-electron chi connectivity index (χ2n) is 6.55. The minimum Gasteiger partial charge on any atom is -0.463 e. The van der Waals surface area contributed by atoms with Crippen molar-refractivity contribution in [3.05, 3.63) is 0 Å². The van der Waals surface area contributed by atoms with Gasteiger partial charge in [0.15, 0.2) is 5.78 Å². The fourth-order valence-electron chi connectivity index (χ4n) is 2.37. The van der Waals surface area contributed by atoms with Gasteiger partial charge in [-0.15, -0.1) is 0 Å². The Labute approximate surface area is 154 Å². The molecule has 0 fully saturated rings. The van der Waals surface area contributed by atoms with E-state index in [1.54, 1.807) is 0 Å². The van der Waals surface area contributed by atoms with Gasteiger partial charge in [-0.25, -0.2) is 0 Å². The quantitative estimate of drug-likeness (QED) is 0.199. The molecule has 0 heterocycles. The summed E-state index contributed by atoms with van der Waals surface area (Å²) >= 11 is 0. The van der Waals surface area contributed by atoms with Crippen LogP contribution < -0.4 is 0 Å². The molecule has 0 spiro atoms. The Kier molecular flexibility index (Phi) is 13.5. The van der Waals surface area contributed by atoms with E-state index in [0.717, 1.165) is 25.7 Å². The molecule has 0 aliphatic rings. The molecule has 8 heteroatoms. The standard InChI is InChI=1S/C18H34O8/c1-3-5-7-9-12(19)15(22)17(24)18(25)16(23)13(20)11-26-14(21)10-8-6-4-2/h13,15-18,20,22-25H,3-11H2,1-2H3/t13-,15?,16+,17-,18-/m0/s1. The van der Waals surface area contributed by atoms with Crippen molar-refractivity contribution in [3.8, 4) is 0 Å². The van der Waals surface area contributed by atoms with Gasteiger partial charge >= 0.3 is 5.97 Å². The number of hydrogen-bond donors (Lipinski definition) is 5. The summed E-state index contributed by atoms with van der Waals surface area (Å²) in [5.41, 5.74) is 0. The molecule has 154 valence electrons. The van der Waals surface area contributed by atoms with Gasteiger partial charge in [0.05, 0.1) is 0 Å². The van der Waals surface area contributed by atoms with Gasteiger partial charge in [-0.05, 0) is 12.8 Å². The molecule has 0 bridgehead atoms. The Bertz CT molecular complexity index is 401. The Balaban J connectivity index is 4.37. The summed E-state index contributed by atoms with van der Waals surface area (Å²) in [4.78, 5) is 23.2. The molecule has 0 aromatic rings. The maximum atomic E-state index is 11.8. The smallest absolute Gasteiger partial charge is 0.305 e. The van der Waals surface area contributed by atoms with Gasteiger partial charge in [0.1, 0.15) is 37.1 Å². The van der Waals surface area contributed by atoms with E-state index in [1.807, 2.05) is 13.8 Å². The van der Waals surface area contributed by atoms with Crippen LogP contribution in [0.3, 0.4) is 0 Å². The molecule has 0 saturated carbocycles. The number of ketones is 1. The monoisotopic (exact) mass is 378 g/mol. The SMILES string of the molecule is CCCCCC(=O)OC[C@H](O)[C@@H](O)[C@H](O)[C@@H](O)C(O)C(=O)CCCCC. The lowest BCUT2D eigenvalue weighted by Gasteiger charge is -2.28. The minimum absolute atomic E-state index is 0.0484. The fraction of sp³-hybridized carbons (Fsp3) is 0.889. The van der Waals surface area contributed by atoms with Crippen LogP contribution in [0.2, 0.25) is 0 Å². The van der Waals surface area contributed by atoms with Crippen molar-refractivity contribution < 1.29 is 39.9 Å². The lowest BCUT2D eigenvalue weighted by atomic mass is 9.95. The fourth-order valence-corrected chi connectivity index (χ4v) is 2.37. The van der Waals surface area contributed by atoms with Gasteiger partial charge in [-0.3, -0.25) is 9.59 Å². The van der Waals surface area contributed by atoms with Crippen LogP contribution in [0.15, 0.2) is 0 Å². The van der Waals surface area contributed by atoms with Crippen molar-refractivity contribution in [2.45, 2.75) is 95.7 Å². The summed E-state index contributed by atoms with van der Waals surface area (Å²) in [6.45, 7) is 3.38. The maximum absolute atomic E-state index is 11.8. The first-order valence-electron chi connectivity index (χ1n) is 9.34. The molecule has 0 amide bonds. The predicted octanol–water partition coefficient (Wildman–Crippen LogP) is 0.0638. The molecule has 0 aliphatic heterocycles. The van der Waals surface area contributed by atoms with Crippen LogP contribution in [-0.4, -0.2) is 74.4 Å². The Morgan fingerprint density at radius 2 is 1.31 bits per heavy atom. The van der Waals surface area contributed by atoms with Crippen LogP contribution in [0.1, 0.15) is 65.2 Å². The molecule has 26 heavy (non-hydrogen) atoms. The molecule has 1 unspecified atom stereocenters. The van der Waals surface area contributed by atoms with Crippen LogP contribution in [-0.2, 0) is 14.3 Å². The average Bonchev–Trinajstić information content (AvgIpc) is 2.63. The largest absolute Gasteiger partial charge is 0.463 e. The zero-order valence-corrected chi connectivity index (χ0v) is 15.7. The van der Waals surface area contributed by atoms with Crippen LogP contribution in [0.4, 0.5) is 0 Å². The van der Waals surface area contributed by atoms with Crippen molar-refractivity contribution in [1.82, 2.24) is 0 Å². The highest BCUT2D eigenvalue weighted by molar-refractivity contribution is 5.83. The molecule has 0 radical (unpaired) electrons. The molecular weight excluding hydrogens is 344 g/mol. The van der Waals surface area contributed by atoms with E-state index >= 15 is 0 Å². The highest BCUT2D eigenvalue weighted by atomic mass is 16.5. The van der Waals surface area contributed by atoms with Crippen LogP contribution >= 0.6 is 0 Å². The van der Waals surface area contributed by atoms with Gasteiger partial charge in [0.2, 0.25) is 0 Å². The van der Waals surface area contributed by atoms with Crippen molar-refractivity contribution >= 4 is 11.8 Å². The third-order valence-corrected chi connectivity index (χ3v) is 4.17. The number of ether oxygens (including phenoxy) is 1. The molecule has 8 nitrogen and oxygen atoms in total. The summed E-state index contributed by atoms with van der Waals surface area (Å²) in [7, 11) is 0. The number of aliphatic hydroxyl groups is 5. The number of hydrogen-bond acceptors (Lipinski definition) is 8. The lowest BCUT2D eigenvalue weighted by Crippen LogP contribution is -2.52. The van der Waals surface area contributed by atoms with Crippen molar-refractivity contribution in [2.24, 2.45) is 0 Å². The highest BCUT2D eigenvalue weighted by Gasteiger charge is 2.37. The van der Waals surface area contributed by atoms with Crippen molar-refractivity contribution in [1.29, 1.82) is 0 Å². The summed E-state index contributed by atoms with van der Waals surface area (Å²) in [6, 6.07) is 0. The number of carbonyl (C=O) groups is 2. The topological polar surface area (TPSA) is 145 Å². The molecule has 0 aromatic heterocycles. The lowest BCUT2D eigenvalue weighted by molar-refractivity contribution is -0.163. The minimum atomic E-state index is -1.96. The average molecular weight is 378 g/mol. The van der Waals surface area contributed by atoms with Crippen molar-refractivity contribution in [3.63, 3.8) is 0 Å². The molecule has 0 saturated heterocycles. The first kappa shape index (κ1) is 24.9. The van der Waals surface area contributed by atoms with E-state index in [0.29, 0.717) is 12.8 Å². The number of rotatable bonds is 15. The number of aliphatic hydroxyl groups excluding tert-OH is 5. The Morgan fingerprint density at radius 1 is 0.769 bits per heavy atom. The summed E-state index contributed by atoms with van der Waals surface area (Å²) < 4.78 is 4.80. The highest BCUT2D eigenvalue weighted by Crippen LogP contribution is 2.13. The van der Waals surface area contributed by atoms with E-state index in [-0.39, 0.29) is 12.8 Å². The number of unbranched alkanes of at least 4 members (excludes halogenated alkanes) is 4. The number of Topliss-reactive ketones (excluding diaryl/α,β-unsaturated/α-hetero) is 1. The zero-order chi connectivity index (χ0) is 20.1. The van der Waals surface area contributed by atoms with Crippen molar-refractivity contribution in [2.75, 3.05) is 6.61 Å². The zero-order valence-electron chi connectivity index (χ0n) is 15.7. The van der Waals surface area contributed by atoms with Gasteiger partial charge in [0.25, 0.3) is 0 Å². The first-order chi connectivity index (χ1) is 12.3. The molecule has 5 atom stereocenters. The van der Waals surface area contributed by atoms with E-state index in [9.17, 15) is 35.1 Å². The number of esters is 1. The van der Waals surface area contributed by atoms with E-state index in [1.165, 1.54) is 0 Å². The summed E-state index contributed by atoms with van der Waals surface area (Å²) in [6.07, 6.45) is -4.38.